The lowest BCUT2D eigenvalue weighted by Crippen LogP contribution is -2.35. The Morgan fingerprint density at radius 1 is 1.00 bits per heavy atom. The number of nitrogens with zero attached hydrogens (tertiary/aromatic N) is 3. The van der Waals surface area contributed by atoms with Gasteiger partial charge < -0.3 is 20.3 Å². The van der Waals surface area contributed by atoms with Crippen molar-refractivity contribution in [1.82, 2.24) is 15.2 Å². The van der Waals surface area contributed by atoms with Gasteiger partial charge in [-0.25, -0.2) is 13.4 Å². The third kappa shape index (κ3) is 6.84. The molecule has 1 heterocycles. The van der Waals surface area contributed by atoms with Gasteiger partial charge in [0.05, 0.1) is 28.9 Å². The molecule has 1 amide bonds. The molecule has 0 bridgehead atoms. The SMILES string of the molecule is CC(=O)NCc1ccc(C(=Nc2cccc(N(CCN(C)C)S(C)(=O)=O)c2)c2c(O)[nH]c3ccccc23)cc1. The van der Waals surface area contributed by atoms with Gasteiger partial charge in [-0.3, -0.25) is 9.10 Å². The first-order valence-electron chi connectivity index (χ1n) is 12.5. The number of likely N-dealkylation sites (N-methyl/N-ethyl adjacent to an activating group) is 1. The highest BCUT2D eigenvalue weighted by Gasteiger charge is 2.20. The molecular weight excluding hydrogens is 514 g/mol. The fourth-order valence-electron chi connectivity index (χ4n) is 4.26. The zero-order chi connectivity index (χ0) is 28.2. The molecule has 0 aliphatic heterocycles. The van der Waals surface area contributed by atoms with Gasteiger partial charge in [0.2, 0.25) is 15.9 Å². The van der Waals surface area contributed by atoms with Crippen LogP contribution in [0, 0.1) is 0 Å². The van der Waals surface area contributed by atoms with Crippen molar-refractivity contribution in [2.45, 2.75) is 13.5 Å². The molecule has 1 aromatic heterocycles. The first-order chi connectivity index (χ1) is 18.5. The Morgan fingerprint density at radius 3 is 2.38 bits per heavy atom. The Morgan fingerprint density at radius 2 is 1.72 bits per heavy atom. The van der Waals surface area contributed by atoms with Gasteiger partial charge in [-0.2, -0.15) is 0 Å². The fraction of sp³-hybridized carbons (Fsp3) is 0.241. The second kappa shape index (κ2) is 11.7. The molecule has 3 N–H and O–H groups in total. The van der Waals surface area contributed by atoms with Crippen molar-refractivity contribution in [2.24, 2.45) is 4.99 Å². The molecule has 39 heavy (non-hydrogen) atoms. The van der Waals surface area contributed by atoms with E-state index < -0.39 is 10.0 Å². The first-order valence-corrected chi connectivity index (χ1v) is 14.3. The summed E-state index contributed by atoms with van der Waals surface area (Å²) in [6.07, 6.45) is 1.19. The summed E-state index contributed by atoms with van der Waals surface area (Å²) in [5, 5.41) is 14.5. The number of anilines is 1. The van der Waals surface area contributed by atoms with E-state index in [4.69, 9.17) is 4.99 Å². The van der Waals surface area contributed by atoms with Crippen LogP contribution in [-0.4, -0.2) is 68.5 Å². The summed E-state index contributed by atoms with van der Waals surface area (Å²) in [5.41, 5.74) is 4.54. The second-order valence-electron chi connectivity index (χ2n) is 9.62. The minimum absolute atomic E-state index is 0.0165. The van der Waals surface area contributed by atoms with E-state index in [0.717, 1.165) is 22.0 Å². The number of rotatable bonds is 10. The smallest absolute Gasteiger partial charge is 0.232 e. The molecule has 4 aromatic rings. The van der Waals surface area contributed by atoms with Crippen LogP contribution < -0.4 is 9.62 Å². The fourth-order valence-corrected chi connectivity index (χ4v) is 5.17. The number of hydrogen-bond donors (Lipinski definition) is 3. The zero-order valence-electron chi connectivity index (χ0n) is 22.5. The predicted molar refractivity (Wildman–Crippen MR) is 156 cm³/mol. The van der Waals surface area contributed by atoms with E-state index in [1.807, 2.05) is 67.5 Å². The minimum atomic E-state index is -3.52. The summed E-state index contributed by atoms with van der Waals surface area (Å²) in [6.45, 7) is 2.72. The van der Waals surface area contributed by atoms with Crippen molar-refractivity contribution >= 4 is 43.9 Å². The van der Waals surface area contributed by atoms with Gasteiger partial charge in [0.1, 0.15) is 0 Å². The summed E-state index contributed by atoms with van der Waals surface area (Å²) in [5.74, 6) is -0.129. The van der Waals surface area contributed by atoms with Crippen LogP contribution in [0.4, 0.5) is 11.4 Å². The van der Waals surface area contributed by atoms with E-state index in [-0.39, 0.29) is 11.8 Å². The molecule has 0 aliphatic carbocycles. The highest BCUT2D eigenvalue weighted by atomic mass is 32.2. The van der Waals surface area contributed by atoms with Crippen molar-refractivity contribution in [1.29, 1.82) is 0 Å². The number of para-hydroxylation sites is 1. The topological polar surface area (TPSA) is 118 Å². The van der Waals surface area contributed by atoms with Crippen molar-refractivity contribution in [3.05, 3.63) is 89.5 Å². The molecule has 3 aromatic carbocycles. The van der Waals surface area contributed by atoms with Gasteiger partial charge in [-0.1, -0.05) is 48.5 Å². The molecule has 0 saturated heterocycles. The van der Waals surface area contributed by atoms with Crippen molar-refractivity contribution in [2.75, 3.05) is 37.7 Å². The van der Waals surface area contributed by atoms with Gasteiger partial charge >= 0.3 is 0 Å². The number of amides is 1. The number of benzene rings is 3. The Labute approximate surface area is 228 Å². The number of aromatic amines is 1. The highest BCUT2D eigenvalue weighted by molar-refractivity contribution is 7.92. The summed E-state index contributed by atoms with van der Waals surface area (Å²) in [6, 6.07) is 22.2. The number of sulfonamides is 1. The molecule has 0 saturated carbocycles. The van der Waals surface area contributed by atoms with E-state index in [1.54, 1.807) is 24.3 Å². The lowest BCUT2D eigenvalue weighted by molar-refractivity contribution is -0.119. The monoisotopic (exact) mass is 547 g/mol. The number of H-pyrrole nitrogens is 1. The number of fused-ring (bicyclic) bond motifs is 1. The largest absolute Gasteiger partial charge is 0.494 e. The molecule has 0 radical (unpaired) electrons. The van der Waals surface area contributed by atoms with Crippen molar-refractivity contribution in [3.8, 4) is 5.88 Å². The van der Waals surface area contributed by atoms with E-state index >= 15 is 0 Å². The molecule has 204 valence electrons. The maximum Gasteiger partial charge on any atom is 0.232 e. The average Bonchev–Trinajstić information content (AvgIpc) is 3.21. The summed E-state index contributed by atoms with van der Waals surface area (Å²) < 4.78 is 26.6. The van der Waals surface area contributed by atoms with Crippen LogP contribution in [0.2, 0.25) is 0 Å². The maximum atomic E-state index is 12.6. The van der Waals surface area contributed by atoms with Crippen LogP contribution in [0.1, 0.15) is 23.6 Å². The molecule has 0 atom stereocenters. The van der Waals surface area contributed by atoms with Gasteiger partial charge in [-0.15, -0.1) is 0 Å². The predicted octanol–water partition coefficient (Wildman–Crippen LogP) is 4.01. The number of hydrogen-bond acceptors (Lipinski definition) is 6. The van der Waals surface area contributed by atoms with Crippen LogP contribution in [-0.2, 0) is 21.4 Å². The number of aliphatic imine (C=N–C) groups is 1. The van der Waals surface area contributed by atoms with Crippen LogP contribution in [0.5, 0.6) is 5.88 Å². The van der Waals surface area contributed by atoms with E-state index in [9.17, 15) is 18.3 Å². The Bertz CT molecular complexity index is 1610. The Hall–Kier alpha value is -4.15. The van der Waals surface area contributed by atoms with Gasteiger partial charge in [0, 0.05) is 43.0 Å². The molecule has 4 rings (SSSR count). The number of aromatic nitrogens is 1. The molecule has 0 fully saturated rings. The summed E-state index contributed by atoms with van der Waals surface area (Å²) in [4.78, 5) is 21.2. The number of carbonyl (C=O) groups excluding carboxylic acids is 1. The summed E-state index contributed by atoms with van der Waals surface area (Å²) in [7, 11) is 0.260. The quantitative estimate of drug-likeness (QED) is 0.259. The number of carbonyl (C=O) groups is 1. The Kier molecular flexibility index (Phi) is 8.37. The van der Waals surface area contributed by atoms with E-state index in [2.05, 4.69) is 10.3 Å². The number of nitrogens with one attached hydrogen (secondary N) is 2. The van der Waals surface area contributed by atoms with Crippen LogP contribution >= 0.6 is 0 Å². The third-order valence-electron chi connectivity index (χ3n) is 6.20. The van der Waals surface area contributed by atoms with E-state index in [1.165, 1.54) is 17.5 Å². The normalized spacial score (nSPS) is 12.2. The zero-order valence-corrected chi connectivity index (χ0v) is 23.3. The van der Waals surface area contributed by atoms with Crippen LogP contribution in [0.15, 0.2) is 77.8 Å². The highest BCUT2D eigenvalue weighted by Crippen LogP contribution is 2.32. The average molecular weight is 548 g/mol. The second-order valence-corrected chi connectivity index (χ2v) is 11.5. The van der Waals surface area contributed by atoms with Crippen LogP contribution in [0.25, 0.3) is 10.9 Å². The maximum absolute atomic E-state index is 12.6. The van der Waals surface area contributed by atoms with Crippen LogP contribution in [0.3, 0.4) is 0 Å². The first kappa shape index (κ1) is 27.9. The van der Waals surface area contributed by atoms with Gasteiger partial charge in [-0.05, 0) is 43.9 Å². The van der Waals surface area contributed by atoms with Gasteiger partial charge in [0.25, 0.3) is 0 Å². The Balaban J connectivity index is 1.83. The third-order valence-corrected chi connectivity index (χ3v) is 7.40. The molecule has 0 spiro atoms. The summed E-state index contributed by atoms with van der Waals surface area (Å²) >= 11 is 0. The molecular formula is C29H33N5O4S. The lowest BCUT2D eigenvalue weighted by atomic mass is 9.99. The number of aromatic hydroxyl groups is 1. The molecule has 9 nitrogen and oxygen atoms in total. The van der Waals surface area contributed by atoms with E-state index in [0.29, 0.717) is 42.3 Å². The standard InChI is InChI=1S/C29H33N5O4S/c1-20(35)30-19-21-12-14-22(15-13-21)28(27-25-10-5-6-11-26(25)32-29(27)36)31-23-8-7-9-24(18-23)34(39(4,37)38)17-16-33(2)3/h5-15,18,32,36H,16-17,19H2,1-4H3,(H,30,35). The molecule has 10 heteroatoms. The van der Waals surface area contributed by atoms with Gasteiger partial charge in [0.15, 0.2) is 5.88 Å². The minimum Gasteiger partial charge on any atom is -0.494 e. The van der Waals surface area contributed by atoms with Crippen molar-refractivity contribution in [3.63, 3.8) is 0 Å². The molecule has 0 unspecified atom stereocenters. The lowest BCUT2D eigenvalue weighted by Gasteiger charge is -2.24. The molecule has 0 aliphatic rings. The van der Waals surface area contributed by atoms with Crippen molar-refractivity contribution < 1.29 is 18.3 Å².